The van der Waals surface area contributed by atoms with Gasteiger partial charge in [0.25, 0.3) is 0 Å². The van der Waals surface area contributed by atoms with Crippen molar-refractivity contribution in [2.75, 3.05) is 5.32 Å². The number of anilines is 1. The second-order valence-corrected chi connectivity index (χ2v) is 7.49. The molecule has 0 saturated carbocycles. The fraction of sp³-hybridized carbons (Fsp3) is 0.158. The number of fused-ring (bicyclic) bond motifs is 2. The van der Waals surface area contributed by atoms with Crippen LogP contribution in [0.25, 0.3) is 10.1 Å². The van der Waals surface area contributed by atoms with Gasteiger partial charge in [-0.25, -0.2) is 4.39 Å². The molecule has 4 rings (SSSR count). The van der Waals surface area contributed by atoms with Crippen LogP contribution in [0.3, 0.4) is 0 Å². The summed E-state index contributed by atoms with van der Waals surface area (Å²) in [4.78, 5) is 25.1. The molecule has 1 aliphatic heterocycles. The summed E-state index contributed by atoms with van der Waals surface area (Å²) >= 11 is 7.82. The number of nitrogens with one attached hydrogen (secondary N) is 1. The Hall–Kier alpha value is -2.44. The van der Waals surface area contributed by atoms with Crippen LogP contribution in [0.2, 0.25) is 5.02 Å². The van der Waals surface area contributed by atoms with E-state index >= 15 is 0 Å². The van der Waals surface area contributed by atoms with Gasteiger partial charge in [0.05, 0.1) is 15.8 Å². The van der Waals surface area contributed by atoms with E-state index in [1.165, 1.54) is 29.5 Å². The van der Waals surface area contributed by atoms with E-state index in [-0.39, 0.29) is 18.9 Å². The summed E-state index contributed by atoms with van der Waals surface area (Å²) in [5.74, 6) is -2.10. The van der Waals surface area contributed by atoms with Gasteiger partial charge in [-0.1, -0.05) is 35.9 Å². The first-order valence-corrected chi connectivity index (χ1v) is 9.14. The predicted octanol–water partition coefficient (Wildman–Crippen LogP) is 4.86. The number of rotatable bonds is 3. The first-order valence-electron chi connectivity index (χ1n) is 7.95. The van der Waals surface area contributed by atoms with Gasteiger partial charge in [-0.2, -0.15) is 0 Å². The van der Waals surface area contributed by atoms with Crippen LogP contribution in [0, 0.1) is 5.82 Å². The molecular weight excluding hydrogens is 377 g/mol. The lowest BCUT2D eigenvalue weighted by Gasteiger charge is -2.24. The van der Waals surface area contributed by atoms with E-state index in [2.05, 4.69) is 5.32 Å². The topological polar surface area (TPSA) is 55.4 Å². The van der Waals surface area contributed by atoms with Crippen molar-refractivity contribution >= 4 is 50.6 Å². The third-order valence-electron chi connectivity index (χ3n) is 4.29. The van der Waals surface area contributed by atoms with Crippen LogP contribution in [-0.2, 0) is 20.9 Å². The zero-order valence-electron chi connectivity index (χ0n) is 13.4. The Balaban J connectivity index is 1.55. The van der Waals surface area contributed by atoms with Gasteiger partial charge >= 0.3 is 5.97 Å². The van der Waals surface area contributed by atoms with Crippen molar-refractivity contribution in [1.29, 1.82) is 0 Å². The summed E-state index contributed by atoms with van der Waals surface area (Å²) < 4.78 is 19.8. The Morgan fingerprint density at radius 3 is 2.92 bits per heavy atom. The molecule has 0 spiro atoms. The third-order valence-corrected chi connectivity index (χ3v) is 5.97. The van der Waals surface area contributed by atoms with Crippen LogP contribution in [0.5, 0.6) is 0 Å². The van der Waals surface area contributed by atoms with Crippen LogP contribution >= 0.6 is 22.9 Å². The van der Waals surface area contributed by atoms with Crippen LogP contribution < -0.4 is 5.32 Å². The van der Waals surface area contributed by atoms with E-state index in [0.717, 1.165) is 15.0 Å². The second kappa shape index (κ2) is 6.70. The monoisotopic (exact) mass is 389 g/mol. The summed E-state index contributed by atoms with van der Waals surface area (Å²) in [6, 6.07) is 11.6. The minimum Gasteiger partial charge on any atom is -0.459 e. The lowest BCUT2D eigenvalue weighted by Crippen LogP contribution is -2.28. The SMILES string of the molecule is O=C1CC(C(=O)OCc2sc3ccccc3c2Cl)c2ccc(F)cc2N1. The minimum atomic E-state index is -0.757. The fourth-order valence-electron chi connectivity index (χ4n) is 3.04. The van der Waals surface area contributed by atoms with Gasteiger partial charge in [-0.3, -0.25) is 9.59 Å². The lowest BCUT2D eigenvalue weighted by molar-refractivity contribution is -0.148. The summed E-state index contributed by atoms with van der Waals surface area (Å²) in [5.41, 5.74) is 0.863. The second-order valence-electron chi connectivity index (χ2n) is 5.98. The molecule has 132 valence electrons. The van der Waals surface area contributed by atoms with Gasteiger partial charge in [0.2, 0.25) is 5.91 Å². The summed E-state index contributed by atoms with van der Waals surface area (Å²) in [6.45, 7) is 0.0334. The van der Waals surface area contributed by atoms with Gasteiger partial charge in [0.1, 0.15) is 12.4 Å². The molecule has 1 aromatic heterocycles. The van der Waals surface area contributed by atoms with Crippen LogP contribution in [0.4, 0.5) is 10.1 Å². The smallest absolute Gasteiger partial charge is 0.314 e. The van der Waals surface area contributed by atoms with Crippen LogP contribution in [0.1, 0.15) is 22.8 Å². The highest BCUT2D eigenvalue weighted by molar-refractivity contribution is 7.19. The molecule has 26 heavy (non-hydrogen) atoms. The fourth-order valence-corrected chi connectivity index (χ4v) is 4.44. The van der Waals surface area contributed by atoms with E-state index in [9.17, 15) is 14.0 Å². The standard InChI is InChI=1S/C19H13ClFNO3S/c20-18-12-3-1-2-4-15(12)26-16(18)9-25-19(24)13-8-17(23)22-14-7-10(21)5-6-11(13)14/h1-7,13H,8-9H2,(H,22,23). The average Bonchev–Trinajstić information content (AvgIpc) is 2.95. The Bertz CT molecular complexity index is 1030. The highest BCUT2D eigenvalue weighted by Gasteiger charge is 2.32. The van der Waals surface area contributed by atoms with E-state index in [1.54, 1.807) is 0 Å². The Kier molecular flexibility index (Phi) is 4.38. The third kappa shape index (κ3) is 3.06. The zero-order valence-corrected chi connectivity index (χ0v) is 15.0. The van der Waals surface area contributed by atoms with Crippen molar-refractivity contribution in [2.24, 2.45) is 0 Å². The Labute approximate surface area is 157 Å². The maximum absolute atomic E-state index is 13.4. The number of benzene rings is 2. The van der Waals surface area contributed by atoms with Gasteiger partial charge in [-0.15, -0.1) is 11.3 Å². The first kappa shape index (κ1) is 17.0. The molecule has 2 heterocycles. The van der Waals surface area contributed by atoms with Crippen molar-refractivity contribution < 1.29 is 18.7 Å². The average molecular weight is 390 g/mol. The lowest BCUT2D eigenvalue weighted by atomic mass is 9.90. The quantitative estimate of drug-likeness (QED) is 0.650. The number of carbonyl (C=O) groups is 2. The normalized spacial score (nSPS) is 16.2. The maximum atomic E-state index is 13.4. The van der Waals surface area contributed by atoms with Gasteiger partial charge in [0.15, 0.2) is 0 Å². The number of halogens is 2. The molecule has 0 fully saturated rings. The van der Waals surface area contributed by atoms with E-state index < -0.39 is 17.7 Å². The van der Waals surface area contributed by atoms with Gasteiger partial charge < -0.3 is 10.1 Å². The number of amides is 1. The highest BCUT2D eigenvalue weighted by Crippen LogP contribution is 2.37. The number of ether oxygens (including phenoxy) is 1. The molecule has 0 aliphatic carbocycles. The number of esters is 1. The van der Waals surface area contributed by atoms with Crippen molar-refractivity contribution in [2.45, 2.75) is 18.9 Å². The molecule has 1 aliphatic rings. The molecule has 1 atom stereocenters. The molecule has 1 unspecified atom stereocenters. The van der Waals surface area contributed by atoms with Crippen molar-refractivity contribution in [3.63, 3.8) is 0 Å². The summed E-state index contributed by atoms with van der Waals surface area (Å²) in [6.07, 6.45) is -0.0301. The molecule has 0 radical (unpaired) electrons. The molecule has 4 nitrogen and oxygen atoms in total. The number of hydrogen-bond donors (Lipinski definition) is 1. The first-order chi connectivity index (χ1) is 12.5. The number of carbonyl (C=O) groups excluding carboxylic acids is 2. The zero-order chi connectivity index (χ0) is 18.3. The van der Waals surface area contributed by atoms with Crippen molar-refractivity contribution in [1.82, 2.24) is 0 Å². The van der Waals surface area contributed by atoms with E-state index in [1.807, 2.05) is 24.3 Å². The molecule has 1 amide bonds. The number of thiophene rings is 1. The molecule has 1 N–H and O–H groups in total. The highest BCUT2D eigenvalue weighted by atomic mass is 35.5. The summed E-state index contributed by atoms with van der Waals surface area (Å²) in [7, 11) is 0. The predicted molar refractivity (Wildman–Crippen MR) is 99.0 cm³/mol. The Morgan fingerprint density at radius 1 is 1.31 bits per heavy atom. The number of hydrogen-bond acceptors (Lipinski definition) is 4. The molecule has 2 aromatic carbocycles. The van der Waals surface area contributed by atoms with E-state index in [0.29, 0.717) is 16.3 Å². The summed E-state index contributed by atoms with van der Waals surface area (Å²) in [5, 5.41) is 4.07. The van der Waals surface area contributed by atoms with Crippen LogP contribution in [-0.4, -0.2) is 11.9 Å². The largest absolute Gasteiger partial charge is 0.459 e. The molecular formula is C19H13ClFNO3S. The van der Waals surface area contributed by atoms with E-state index in [4.69, 9.17) is 16.3 Å². The van der Waals surface area contributed by atoms with Crippen molar-refractivity contribution in [3.8, 4) is 0 Å². The van der Waals surface area contributed by atoms with Crippen molar-refractivity contribution in [3.05, 3.63) is 63.7 Å². The van der Waals surface area contributed by atoms with Crippen LogP contribution in [0.15, 0.2) is 42.5 Å². The molecule has 0 bridgehead atoms. The maximum Gasteiger partial charge on any atom is 0.314 e. The van der Waals surface area contributed by atoms with Gasteiger partial charge in [0, 0.05) is 22.2 Å². The Morgan fingerprint density at radius 2 is 2.12 bits per heavy atom. The molecule has 0 saturated heterocycles. The molecule has 3 aromatic rings. The van der Waals surface area contributed by atoms with Gasteiger partial charge in [-0.05, 0) is 23.8 Å². The minimum absolute atomic E-state index is 0.0301. The molecule has 7 heteroatoms.